The summed E-state index contributed by atoms with van der Waals surface area (Å²) in [5.41, 5.74) is 3.02. The van der Waals surface area contributed by atoms with Crippen LogP contribution in [0.1, 0.15) is 25.0 Å². The molecule has 1 aliphatic rings. The third-order valence-electron chi connectivity index (χ3n) is 4.65. The molecule has 0 unspecified atom stereocenters. The van der Waals surface area contributed by atoms with Crippen molar-refractivity contribution in [2.45, 2.75) is 19.3 Å². The highest BCUT2D eigenvalue weighted by atomic mass is 31.1. The van der Waals surface area contributed by atoms with Gasteiger partial charge in [-0.3, -0.25) is 0 Å². The lowest BCUT2D eigenvalue weighted by Gasteiger charge is -2.39. The number of rotatable bonds is 1. The summed E-state index contributed by atoms with van der Waals surface area (Å²) in [5, 5.41) is 4.45. The van der Waals surface area contributed by atoms with Crippen molar-refractivity contribution in [1.29, 1.82) is 0 Å². The predicted molar refractivity (Wildman–Crippen MR) is 97.3 cm³/mol. The Balaban J connectivity index is 2.05. The summed E-state index contributed by atoms with van der Waals surface area (Å²) in [7, 11) is -0.457. The SMILES string of the molecule is CC1(C)c2ccccc2P(c2ccccc2)c2ccccc21. The van der Waals surface area contributed by atoms with E-state index in [9.17, 15) is 0 Å². The Bertz CT molecular complexity index is 769. The fourth-order valence-electron chi connectivity index (χ4n) is 3.52. The van der Waals surface area contributed by atoms with E-state index in [0.717, 1.165) is 0 Å². The zero-order valence-electron chi connectivity index (χ0n) is 13.0. The van der Waals surface area contributed by atoms with Crippen LogP contribution in [0.3, 0.4) is 0 Å². The molecule has 0 saturated heterocycles. The van der Waals surface area contributed by atoms with E-state index in [2.05, 4.69) is 92.7 Å². The highest BCUT2D eigenvalue weighted by Gasteiger charge is 2.37. The first kappa shape index (κ1) is 13.7. The van der Waals surface area contributed by atoms with Crippen LogP contribution in [-0.4, -0.2) is 0 Å². The average molecular weight is 302 g/mol. The molecule has 22 heavy (non-hydrogen) atoms. The number of benzene rings is 3. The first-order chi connectivity index (χ1) is 10.7. The second-order valence-corrected chi connectivity index (χ2v) is 8.48. The fourth-order valence-corrected chi connectivity index (χ4v) is 6.47. The molecule has 4 rings (SSSR count). The maximum Gasteiger partial charge on any atom is 0.0159 e. The first-order valence-electron chi connectivity index (χ1n) is 7.74. The van der Waals surface area contributed by atoms with Gasteiger partial charge in [0.2, 0.25) is 0 Å². The first-order valence-corrected chi connectivity index (χ1v) is 9.08. The summed E-state index contributed by atoms with van der Waals surface area (Å²) >= 11 is 0. The van der Waals surface area contributed by atoms with Crippen LogP contribution in [0.5, 0.6) is 0 Å². The molecule has 0 N–H and O–H groups in total. The lowest BCUT2D eigenvalue weighted by atomic mass is 9.78. The fraction of sp³-hybridized carbons (Fsp3) is 0.143. The third-order valence-corrected chi connectivity index (χ3v) is 7.21. The summed E-state index contributed by atoms with van der Waals surface area (Å²) in [6.45, 7) is 4.70. The second kappa shape index (κ2) is 5.07. The minimum Gasteiger partial charge on any atom is -0.0622 e. The van der Waals surface area contributed by atoms with Gasteiger partial charge in [-0.25, -0.2) is 0 Å². The normalized spacial score (nSPS) is 15.9. The molecule has 0 bridgehead atoms. The van der Waals surface area contributed by atoms with Crippen molar-refractivity contribution in [3.8, 4) is 0 Å². The van der Waals surface area contributed by atoms with Gasteiger partial charge in [-0.1, -0.05) is 92.7 Å². The van der Waals surface area contributed by atoms with E-state index < -0.39 is 7.92 Å². The molecule has 0 amide bonds. The van der Waals surface area contributed by atoms with Crippen LogP contribution in [0.2, 0.25) is 0 Å². The summed E-state index contributed by atoms with van der Waals surface area (Å²) in [4.78, 5) is 0. The van der Waals surface area contributed by atoms with Crippen molar-refractivity contribution < 1.29 is 0 Å². The molecule has 0 saturated carbocycles. The number of hydrogen-bond acceptors (Lipinski definition) is 0. The molecular weight excluding hydrogens is 283 g/mol. The molecule has 1 aliphatic heterocycles. The standard InChI is InChI=1S/C21H19P/c1-21(2)17-12-6-8-14-19(17)22(16-10-4-3-5-11-16)20-15-9-7-13-18(20)21/h3-15H,1-2H3. The van der Waals surface area contributed by atoms with Crippen molar-refractivity contribution in [1.82, 2.24) is 0 Å². The molecule has 0 aliphatic carbocycles. The topological polar surface area (TPSA) is 0 Å². The molecule has 1 heterocycles. The van der Waals surface area contributed by atoms with Gasteiger partial charge >= 0.3 is 0 Å². The Labute approximate surface area is 133 Å². The molecule has 0 aromatic heterocycles. The third kappa shape index (κ3) is 1.95. The lowest BCUT2D eigenvalue weighted by Crippen LogP contribution is -2.40. The highest BCUT2D eigenvalue weighted by Crippen LogP contribution is 2.46. The van der Waals surface area contributed by atoms with Crippen LogP contribution in [0.15, 0.2) is 78.9 Å². The van der Waals surface area contributed by atoms with Crippen LogP contribution in [-0.2, 0) is 5.41 Å². The van der Waals surface area contributed by atoms with Crippen molar-refractivity contribution in [2.24, 2.45) is 0 Å². The molecule has 0 atom stereocenters. The van der Waals surface area contributed by atoms with Crippen molar-refractivity contribution >= 4 is 23.8 Å². The molecule has 0 fully saturated rings. The maximum atomic E-state index is 2.35. The van der Waals surface area contributed by atoms with Gasteiger partial charge in [-0.15, -0.1) is 0 Å². The minimum absolute atomic E-state index is 0.0702. The molecule has 3 aromatic rings. The van der Waals surface area contributed by atoms with Gasteiger partial charge in [-0.05, 0) is 35.0 Å². The van der Waals surface area contributed by atoms with Crippen molar-refractivity contribution in [3.63, 3.8) is 0 Å². The molecule has 0 nitrogen and oxygen atoms in total. The van der Waals surface area contributed by atoms with Gasteiger partial charge < -0.3 is 0 Å². The zero-order valence-corrected chi connectivity index (χ0v) is 13.8. The summed E-state index contributed by atoms with van der Waals surface area (Å²) in [5.74, 6) is 0. The lowest BCUT2D eigenvalue weighted by molar-refractivity contribution is 0.647. The van der Waals surface area contributed by atoms with E-state index in [1.165, 1.54) is 27.0 Å². The van der Waals surface area contributed by atoms with Crippen LogP contribution in [0.4, 0.5) is 0 Å². The van der Waals surface area contributed by atoms with E-state index in [4.69, 9.17) is 0 Å². The molecule has 1 heteroatoms. The Morgan fingerprint density at radius 3 is 1.59 bits per heavy atom. The van der Waals surface area contributed by atoms with E-state index in [1.54, 1.807) is 0 Å². The van der Waals surface area contributed by atoms with E-state index in [0.29, 0.717) is 0 Å². The van der Waals surface area contributed by atoms with Gasteiger partial charge in [0.1, 0.15) is 0 Å². The van der Waals surface area contributed by atoms with Gasteiger partial charge in [-0.2, -0.15) is 0 Å². The van der Waals surface area contributed by atoms with E-state index in [1.807, 2.05) is 0 Å². The molecular formula is C21H19P. The molecule has 108 valence electrons. The Kier molecular flexibility index (Phi) is 3.17. The van der Waals surface area contributed by atoms with E-state index >= 15 is 0 Å². The van der Waals surface area contributed by atoms with Crippen molar-refractivity contribution in [3.05, 3.63) is 90.0 Å². The smallest absolute Gasteiger partial charge is 0.0159 e. The molecule has 3 aromatic carbocycles. The zero-order chi connectivity index (χ0) is 15.2. The predicted octanol–water partition coefficient (Wildman–Crippen LogP) is 4.08. The average Bonchev–Trinajstić information content (AvgIpc) is 2.56. The molecule has 0 radical (unpaired) electrons. The Morgan fingerprint density at radius 1 is 0.591 bits per heavy atom. The van der Waals surface area contributed by atoms with Gasteiger partial charge in [0.15, 0.2) is 0 Å². The minimum atomic E-state index is -0.457. The van der Waals surface area contributed by atoms with Gasteiger partial charge in [0, 0.05) is 5.41 Å². The van der Waals surface area contributed by atoms with E-state index in [-0.39, 0.29) is 5.41 Å². The number of fused-ring (bicyclic) bond motifs is 2. The number of hydrogen-bond donors (Lipinski definition) is 0. The monoisotopic (exact) mass is 302 g/mol. The van der Waals surface area contributed by atoms with Gasteiger partial charge in [0.05, 0.1) is 0 Å². The van der Waals surface area contributed by atoms with Crippen LogP contribution in [0, 0.1) is 0 Å². The second-order valence-electron chi connectivity index (χ2n) is 6.33. The van der Waals surface area contributed by atoms with Crippen LogP contribution in [0.25, 0.3) is 0 Å². The Hall–Kier alpha value is -1.91. The summed E-state index contributed by atoms with van der Waals surface area (Å²) in [6.07, 6.45) is 0. The van der Waals surface area contributed by atoms with Crippen molar-refractivity contribution in [2.75, 3.05) is 0 Å². The summed E-state index contributed by atoms with van der Waals surface area (Å²) < 4.78 is 0. The largest absolute Gasteiger partial charge is 0.0622 e. The molecule has 0 spiro atoms. The van der Waals surface area contributed by atoms with Gasteiger partial charge in [0.25, 0.3) is 0 Å². The Morgan fingerprint density at radius 2 is 1.05 bits per heavy atom. The summed E-state index contributed by atoms with van der Waals surface area (Å²) in [6, 6.07) is 28.9. The van der Waals surface area contributed by atoms with Crippen LogP contribution < -0.4 is 15.9 Å². The highest BCUT2D eigenvalue weighted by molar-refractivity contribution is 7.80. The quantitative estimate of drug-likeness (QED) is 0.594. The maximum absolute atomic E-state index is 2.35. The van der Waals surface area contributed by atoms with Crippen LogP contribution >= 0.6 is 7.92 Å².